The third-order valence-electron chi connectivity index (χ3n) is 5.54. The maximum Gasteiger partial charge on any atom is 0.319 e. The number of amides is 2. The lowest BCUT2D eigenvalue weighted by Crippen LogP contribution is -2.37. The Kier molecular flexibility index (Phi) is 3.52. The van der Waals surface area contributed by atoms with Crippen molar-refractivity contribution in [2.24, 2.45) is 11.8 Å². The molecule has 0 spiro atoms. The van der Waals surface area contributed by atoms with Crippen molar-refractivity contribution in [3.05, 3.63) is 67.0 Å². The van der Waals surface area contributed by atoms with Crippen LogP contribution < -0.4 is 15.5 Å². The van der Waals surface area contributed by atoms with E-state index in [0.717, 1.165) is 29.5 Å². The Hall–Kier alpha value is -3.08. The molecule has 1 saturated heterocycles. The van der Waals surface area contributed by atoms with Gasteiger partial charge in [0.05, 0.1) is 5.69 Å². The molecule has 5 rings (SSSR count). The lowest BCUT2D eigenvalue weighted by molar-refractivity contribution is 0.250. The summed E-state index contributed by atoms with van der Waals surface area (Å²) in [7, 11) is 0. The van der Waals surface area contributed by atoms with Crippen molar-refractivity contribution < 1.29 is 4.79 Å². The first-order valence-corrected chi connectivity index (χ1v) is 9.00. The Morgan fingerprint density at radius 1 is 1.00 bits per heavy atom. The van der Waals surface area contributed by atoms with E-state index in [-0.39, 0.29) is 12.1 Å². The van der Waals surface area contributed by atoms with Crippen LogP contribution in [0, 0.1) is 11.8 Å². The van der Waals surface area contributed by atoms with Crippen molar-refractivity contribution >= 4 is 28.2 Å². The number of carbonyl (C=O) groups is 1. The molecule has 1 aliphatic carbocycles. The number of benzene rings is 2. The minimum Gasteiger partial charge on any atom is -0.371 e. The molecule has 2 N–H and O–H groups in total. The number of para-hydroxylation sites is 1. The number of pyridine rings is 1. The number of rotatable bonds is 3. The van der Waals surface area contributed by atoms with Gasteiger partial charge < -0.3 is 15.5 Å². The summed E-state index contributed by atoms with van der Waals surface area (Å²) in [6.45, 7) is 2.03. The first kappa shape index (κ1) is 15.2. The zero-order valence-electron chi connectivity index (χ0n) is 14.3. The van der Waals surface area contributed by atoms with Crippen molar-refractivity contribution in [2.45, 2.75) is 6.04 Å². The molecule has 2 fully saturated rings. The van der Waals surface area contributed by atoms with E-state index in [0.29, 0.717) is 11.8 Å². The second-order valence-electron chi connectivity index (χ2n) is 7.09. The lowest BCUT2D eigenvalue weighted by Gasteiger charge is -2.22. The van der Waals surface area contributed by atoms with Crippen molar-refractivity contribution in [2.75, 3.05) is 23.3 Å². The summed E-state index contributed by atoms with van der Waals surface area (Å²) in [5.41, 5.74) is 2.09. The first-order valence-electron chi connectivity index (χ1n) is 9.00. The first-order chi connectivity index (χ1) is 12.8. The molecule has 2 amide bonds. The molecule has 3 atom stereocenters. The average Bonchev–Trinajstić information content (AvgIpc) is 3.12. The zero-order chi connectivity index (χ0) is 17.5. The van der Waals surface area contributed by atoms with Gasteiger partial charge in [0.15, 0.2) is 0 Å². The maximum atomic E-state index is 12.4. The Balaban J connectivity index is 1.21. The van der Waals surface area contributed by atoms with Gasteiger partial charge in [-0.05, 0) is 24.3 Å². The number of urea groups is 1. The van der Waals surface area contributed by atoms with Crippen molar-refractivity contribution in [3.63, 3.8) is 0 Å². The average molecular weight is 344 g/mol. The Morgan fingerprint density at radius 2 is 1.81 bits per heavy atom. The SMILES string of the molecule is O=C(Nc1cccc2cnccc12)NC1C2CN(c3ccccc3)C[C@@H]21. The number of piperidine rings is 1. The van der Waals surface area contributed by atoms with Crippen LogP contribution in [-0.2, 0) is 0 Å². The topological polar surface area (TPSA) is 57.3 Å². The number of hydrogen-bond donors (Lipinski definition) is 2. The fourth-order valence-electron chi connectivity index (χ4n) is 4.13. The molecule has 3 aromatic rings. The molecule has 0 bridgehead atoms. The number of nitrogens with one attached hydrogen (secondary N) is 2. The molecule has 1 saturated carbocycles. The van der Waals surface area contributed by atoms with Crippen molar-refractivity contribution in [3.8, 4) is 0 Å². The lowest BCUT2D eigenvalue weighted by atomic mass is 10.1. The van der Waals surface area contributed by atoms with Gasteiger partial charge in [-0.2, -0.15) is 0 Å². The van der Waals surface area contributed by atoms with E-state index in [1.807, 2.05) is 36.5 Å². The molecular formula is C21H20N4O. The van der Waals surface area contributed by atoms with Gasteiger partial charge in [-0.1, -0.05) is 30.3 Å². The van der Waals surface area contributed by atoms with Gasteiger partial charge in [-0.15, -0.1) is 0 Å². The molecule has 2 unspecified atom stereocenters. The monoisotopic (exact) mass is 344 g/mol. The van der Waals surface area contributed by atoms with Crippen LogP contribution in [-0.4, -0.2) is 30.1 Å². The number of hydrogen-bond acceptors (Lipinski definition) is 3. The summed E-state index contributed by atoms with van der Waals surface area (Å²) >= 11 is 0. The zero-order valence-corrected chi connectivity index (χ0v) is 14.3. The second-order valence-corrected chi connectivity index (χ2v) is 7.09. The smallest absolute Gasteiger partial charge is 0.319 e. The highest BCUT2D eigenvalue weighted by Crippen LogP contribution is 2.46. The summed E-state index contributed by atoms with van der Waals surface area (Å²) in [6.07, 6.45) is 3.55. The van der Waals surface area contributed by atoms with Crippen molar-refractivity contribution in [1.29, 1.82) is 0 Å². The van der Waals surface area contributed by atoms with Crippen LogP contribution in [0.1, 0.15) is 0 Å². The van der Waals surface area contributed by atoms with Gasteiger partial charge in [0.1, 0.15) is 0 Å². The van der Waals surface area contributed by atoms with E-state index in [1.54, 1.807) is 6.20 Å². The quantitative estimate of drug-likeness (QED) is 0.765. The van der Waals surface area contributed by atoms with Crippen LogP contribution in [0.25, 0.3) is 10.8 Å². The Labute approximate surface area is 152 Å². The van der Waals surface area contributed by atoms with Crippen LogP contribution in [0.5, 0.6) is 0 Å². The molecule has 2 aromatic carbocycles. The van der Waals surface area contributed by atoms with Gasteiger partial charge in [-0.3, -0.25) is 4.98 Å². The Morgan fingerprint density at radius 3 is 2.62 bits per heavy atom. The summed E-state index contributed by atoms with van der Waals surface area (Å²) < 4.78 is 0. The van der Waals surface area contributed by atoms with E-state index < -0.39 is 0 Å². The van der Waals surface area contributed by atoms with Crippen LogP contribution in [0.4, 0.5) is 16.2 Å². The normalized spacial score (nSPS) is 23.5. The third kappa shape index (κ3) is 2.65. The fraction of sp³-hybridized carbons (Fsp3) is 0.238. The summed E-state index contributed by atoms with van der Waals surface area (Å²) in [5.74, 6) is 1.11. The molecule has 26 heavy (non-hydrogen) atoms. The summed E-state index contributed by atoms with van der Waals surface area (Å²) in [6, 6.07) is 18.4. The number of anilines is 2. The maximum absolute atomic E-state index is 12.4. The molecular weight excluding hydrogens is 324 g/mol. The molecule has 5 heteroatoms. The van der Waals surface area contributed by atoms with E-state index in [4.69, 9.17) is 0 Å². The molecule has 2 heterocycles. The highest BCUT2D eigenvalue weighted by atomic mass is 16.2. The highest BCUT2D eigenvalue weighted by Gasteiger charge is 2.56. The minimum absolute atomic E-state index is 0.125. The highest BCUT2D eigenvalue weighted by molar-refractivity contribution is 6.01. The van der Waals surface area contributed by atoms with Crippen LogP contribution in [0.2, 0.25) is 0 Å². The largest absolute Gasteiger partial charge is 0.371 e. The third-order valence-corrected chi connectivity index (χ3v) is 5.54. The fourth-order valence-corrected chi connectivity index (χ4v) is 4.13. The van der Waals surface area contributed by atoms with E-state index in [1.165, 1.54) is 5.69 Å². The van der Waals surface area contributed by atoms with Gasteiger partial charge in [-0.25, -0.2) is 4.79 Å². The molecule has 2 aliphatic rings. The number of carbonyl (C=O) groups excluding carboxylic acids is 1. The summed E-state index contributed by atoms with van der Waals surface area (Å²) in [5, 5.41) is 8.17. The standard InChI is InChI=1S/C21H20N4O/c26-21(23-19-8-4-5-14-11-22-10-9-16(14)19)24-20-17-12-25(13-18(17)20)15-6-2-1-3-7-15/h1-11,17-18,20H,12-13H2,(H2,23,24,26)/t17-,18?,20?/m0/s1. The number of fused-ring (bicyclic) bond motifs is 2. The minimum atomic E-state index is -0.125. The molecule has 1 aliphatic heterocycles. The van der Waals surface area contributed by atoms with E-state index >= 15 is 0 Å². The molecule has 1 aromatic heterocycles. The van der Waals surface area contributed by atoms with Gasteiger partial charge in [0.25, 0.3) is 0 Å². The second kappa shape index (κ2) is 6.02. The van der Waals surface area contributed by atoms with E-state index in [9.17, 15) is 4.79 Å². The molecule has 5 nitrogen and oxygen atoms in total. The predicted octanol–water partition coefficient (Wildman–Crippen LogP) is 3.49. The Bertz CT molecular complexity index is 941. The van der Waals surface area contributed by atoms with Crippen LogP contribution in [0.3, 0.4) is 0 Å². The molecule has 130 valence electrons. The van der Waals surface area contributed by atoms with Gasteiger partial charge in [0.2, 0.25) is 0 Å². The van der Waals surface area contributed by atoms with E-state index in [2.05, 4.69) is 44.8 Å². The predicted molar refractivity (Wildman–Crippen MR) is 103 cm³/mol. The number of nitrogens with zero attached hydrogens (tertiary/aromatic N) is 2. The molecule has 0 radical (unpaired) electrons. The summed E-state index contributed by atoms with van der Waals surface area (Å²) in [4.78, 5) is 19.0. The van der Waals surface area contributed by atoms with Gasteiger partial charge >= 0.3 is 6.03 Å². The van der Waals surface area contributed by atoms with Gasteiger partial charge in [0, 0.05) is 59.8 Å². The number of aromatic nitrogens is 1. The van der Waals surface area contributed by atoms with Crippen LogP contribution >= 0.6 is 0 Å². The van der Waals surface area contributed by atoms with Crippen molar-refractivity contribution in [1.82, 2.24) is 10.3 Å². The van der Waals surface area contributed by atoms with Crippen LogP contribution in [0.15, 0.2) is 67.0 Å².